The van der Waals surface area contributed by atoms with Gasteiger partial charge in [-0.25, -0.2) is 9.97 Å². The van der Waals surface area contributed by atoms with Crippen LogP contribution in [0, 0.1) is 0 Å². The maximum absolute atomic E-state index is 12.1. The Hall–Kier alpha value is -1.46. The summed E-state index contributed by atoms with van der Waals surface area (Å²) in [7, 11) is 0. The molecular formula is C13H12ClN3OS. The average molecular weight is 294 g/mol. The van der Waals surface area contributed by atoms with Crippen molar-refractivity contribution in [3.63, 3.8) is 0 Å². The van der Waals surface area contributed by atoms with Gasteiger partial charge in [0.05, 0.1) is 4.88 Å². The molecule has 0 aliphatic heterocycles. The molecule has 3 rings (SSSR count). The van der Waals surface area contributed by atoms with Crippen molar-refractivity contribution in [2.45, 2.75) is 25.7 Å². The Balaban J connectivity index is 1.78. The van der Waals surface area contributed by atoms with Crippen molar-refractivity contribution in [2.24, 2.45) is 0 Å². The summed E-state index contributed by atoms with van der Waals surface area (Å²) in [5.74, 6) is 0.297. The van der Waals surface area contributed by atoms with E-state index in [0.717, 1.165) is 17.7 Å². The van der Waals surface area contributed by atoms with E-state index in [-0.39, 0.29) is 5.91 Å². The minimum Gasteiger partial charge on any atom is -0.306 e. The van der Waals surface area contributed by atoms with E-state index in [9.17, 15) is 4.79 Å². The van der Waals surface area contributed by atoms with Crippen LogP contribution in [0.1, 0.15) is 33.0 Å². The highest BCUT2D eigenvalue weighted by atomic mass is 35.5. The van der Waals surface area contributed by atoms with Crippen LogP contribution in [0.5, 0.6) is 0 Å². The fourth-order valence-corrected chi connectivity index (χ4v) is 3.48. The fraction of sp³-hybridized carbons (Fsp3) is 0.308. The van der Waals surface area contributed by atoms with Gasteiger partial charge in [0.2, 0.25) is 0 Å². The maximum Gasteiger partial charge on any atom is 0.266 e. The van der Waals surface area contributed by atoms with Crippen LogP contribution >= 0.6 is 22.9 Å². The van der Waals surface area contributed by atoms with Gasteiger partial charge in [-0.1, -0.05) is 11.6 Å². The number of carbonyl (C=O) groups is 1. The predicted molar refractivity (Wildman–Crippen MR) is 76.0 cm³/mol. The number of thiophene rings is 1. The lowest BCUT2D eigenvalue weighted by molar-refractivity contribution is 0.103. The number of carbonyl (C=O) groups excluding carboxylic acids is 1. The van der Waals surface area contributed by atoms with Gasteiger partial charge >= 0.3 is 0 Å². The fourth-order valence-electron chi connectivity index (χ4n) is 2.18. The van der Waals surface area contributed by atoms with Gasteiger partial charge in [-0.2, -0.15) is 0 Å². The van der Waals surface area contributed by atoms with Gasteiger partial charge in [0.1, 0.15) is 17.3 Å². The molecule has 2 aromatic heterocycles. The summed E-state index contributed by atoms with van der Waals surface area (Å²) in [4.78, 5) is 22.0. The largest absolute Gasteiger partial charge is 0.306 e. The second kappa shape index (κ2) is 5.27. The van der Waals surface area contributed by atoms with Crippen molar-refractivity contribution in [3.8, 4) is 0 Å². The standard InChI is InChI=1S/C13H12ClN3OS/c14-11-6-12(16-7-15-11)17-13(18)10-5-8-3-1-2-4-9(8)19-10/h5-7H,1-4H2,(H,15,16,17,18). The van der Waals surface area contributed by atoms with E-state index in [1.54, 1.807) is 11.3 Å². The molecule has 0 saturated heterocycles. The molecule has 0 aromatic carbocycles. The Kier molecular flexibility index (Phi) is 3.48. The smallest absolute Gasteiger partial charge is 0.266 e. The monoisotopic (exact) mass is 293 g/mol. The number of hydrogen-bond donors (Lipinski definition) is 1. The molecule has 0 unspecified atom stereocenters. The van der Waals surface area contributed by atoms with Crippen LogP contribution in [-0.2, 0) is 12.8 Å². The lowest BCUT2D eigenvalue weighted by atomic mass is 9.99. The van der Waals surface area contributed by atoms with Gasteiger partial charge in [0, 0.05) is 10.9 Å². The van der Waals surface area contributed by atoms with E-state index in [4.69, 9.17) is 11.6 Å². The SMILES string of the molecule is O=C(Nc1cc(Cl)ncn1)c1cc2c(s1)CCCC2. The van der Waals surface area contributed by atoms with Crippen LogP contribution in [0.4, 0.5) is 5.82 Å². The molecule has 0 atom stereocenters. The first-order valence-electron chi connectivity index (χ1n) is 6.13. The first-order chi connectivity index (χ1) is 9.22. The van der Waals surface area contributed by atoms with Crippen molar-refractivity contribution in [3.05, 3.63) is 38.9 Å². The minimum atomic E-state index is -0.130. The molecule has 1 N–H and O–H groups in total. The molecule has 0 spiro atoms. The summed E-state index contributed by atoms with van der Waals surface area (Å²) in [6.07, 6.45) is 5.94. The van der Waals surface area contributed by atoms with E-state index >= 15 is 0 Å². The molecule has 0 bridgehead atoms. The number of amides is 1. The summed E-state index contributed by atoms with van der Waals surface area (Å²) in [5.41, 5.74) is 1.32. The third kappa shape index (κ3) is 2.77. The van der Waals surface area contributed by atoms with Crippen molar-refractivity contribution < 1.29 is 4.79 Å². The van der Waals surface area contributed by atoms with E-state index in [1.807, 2.05) is 6.07 Å². The van der Waals surface area contributed by atoms with Crippen molar-refractivity contribution in [1.82, 2.24) is 9.97 Å². The molecule has 0 saturated carbocycles. The number of anilines is 1. The topological polar surface area (TPSA) is 54.9 Å². The molecule has 4 nitrogen and oxygen atoms in total. The van der Waals surface area contributed by atoms with Gasteiger partial charge < -0.3 is 5.32 Å². The van der Waals surface area contributed by atoms with E-state index in [1.165, 1.54) is 35.7 Å². The number of aryl methyl sites for hydroxylation is 2. The Labute approximate surface area is 119 Å². The molecule has 1 aliphatic carbocycles. The van der Waals surface area contributed by atoms with Gasteiger partial charge in [-0.3, -0.25) is 4.79 Å². The van der Waals surface area contributed by atoms with Gasteiger partial charge in [-0.05, 0) is 37.3 Å². The van der Waals surface area contributed by atoms with Crippen molar-refractivity contribution in [1.29, 1.82) is 0 Å². The molecule has 1 amide bonds. The zero-order valence-corrected chi connectivity index (χ0v) is 11.7. The van der Waals surface area contributed by atoms with Crippen LogP contribution in [-0.4, -0.2) is 15.9 Å². The number of fused-ring (bicyclic) bond motifs is 1. The van der Waals surface area contributed by atoms with Crippen molar-refractivity contribution in [2.75, 3.05) is 5.32 Å². The first kappa shape index (κ1) is 12.6. The molecule has 19 heavy (non-hydrogen) atoms. The lowest BCUT2D eigenvalue weighted by Crippen LogP contribution is -2.11. The third-order valence-corrected chi connectivity index (χ3v) is 4.54. The van der Waals surface area contributed by atoms with Gasteiger partial charge in [-0.15, -0.1) is 11.3 Å². The average Bonchev–Trinajstić information content (AvgIpc) is 2.82. The highest BCUT2D eigenvalue weighted by molar-refractivity contribution is 7.14. The zero-order chi connectivity index (χ0) is 13.2. The van der Waals surface area contributed by atoms with Crippen LogP contribution in [0.15, 0.2) is 18.5 Å². The quantitative estimate of drug-likeness (QED) is 0.864. The number of nitrogens with zero attached hydrogens (tertiary/aromatic N) is 2. The molecule has 2 heterocycles. The zero-order valence-electron chi connectivity index (χ0n) is 10.1. The Bertz CT molecular complexity index is 603. The van der Waals surface area contributed by atoms with E-state index in [0.29, 0.717) is 11.0 Å². The summed E-state index contributed by atoms with van der Waals surface area (Å²) in [6, 6.07) is 3.53. The van der Waals surface area contributed by atoms with E-state index in [2.05, 4.69) is 15.3 Å². The highest BCUT2D eigenvalue weighted by Gasteiger charge is 2.17. The number of aromatic nitrogens is 2. The Morgan fingerprint density at radius 2 is 2.11 bits per heavy atom. The second-order valence-electron chi connectivity index (χ2n) is 4.45. The summed E-state index contributed by atoms with van der Waals surface area (Å²) >= 11 is 7.34. The maximum atomic E-state index is 12.1. The highest BCUT2D eigenvalue weighted by Crippen LogP contribution is 2.30. The minimum absolute atomic E-state index is 0.130. The Morgan fingerprint density at radius 3 is 2.89 bits per heavy atom. The molecule has 2 aromatic rings. The molecule has 6 heteroatoms. The van der Waals surface area contributed by atoms with E-state index < -0.39 is 0 Å². The van der Waals surface area contributed by atoms with Crippen molar-refractivity contribution >= 4 is 34.7 Å². The number of rotatable bonds is 2. The normalized spacial score (nSPS) is 13.9. The van der Waals surface area contributed by atoms with Crippen LogP contribution in [0.2, 0.25) is 5.15 Å². The number of halogens is 1. The molecule has 0 radical (unpaired) electrons. The summed E-state index contributed by atoms with van der Waals surface area (Å²) in [6.45, 7) is 0. The molecule has 0 fully saturated rings. The van der Waals surface area contributed by atoms with Crippen LogP contribution in [0.3, 0.4) is 0 Å². The van der Waals surface area contributed by atoms with Crippen LogP contribution in [0.25, 0.3) is 0 Å². The second-order valence-corrected chi connectivity index (χ2v) is 5.97. The summed E-state index contributed by atoms with van der Waals surface area (Å²) < 4.78 is 0. The third-order valence-electron chi connectivity index (χ3n) is 3.10. The van der Waals surface area contributed by atoms with Crippen LogP contribution < -0.4 is 5.32 Å². The summed E-state index contributed by atoms with van der Waals surface area (Å²) in [5, 5.41) is 3.06. The number of nitrogens with one attached hydrogen (secondary N) is 1. The Morgan fingerprint density at radius 1 is 1.26 bits per heavy atom. The first-order valence-corrected chi connectivity index (χ1v) is 7.32. The molecule has 1 aliphatic rings. The molecule has 98 valence electrons. The van der Waals surface area contributed by atoms with Gasteiger partial charge in [0.25, 0.3) is 5.91 Å². The lowest BCUT2D eigenvalue weighted by Gasteiger charge is -2.08. The van der Waals surface area contributed by atoms with Gasteiger partial charge in [0.15, 0.2) is 0 Å². The predicted octanol–water partition coefficient (Wildman–Crippen LogP) is 3.32. The number of hydrogen-bond acceptors (Lipinski definition) is 4. The molecular weight excluding hydrogens is 282 g/mol.